The van der Waals surface area contributed by atoms with Gasteiger partial charge in [0.2, 0.25) is 0 Å². The van der Waals surface area contributed by atoms with Crippen molar-refractivity contribution >= 4 is 36.0 Å². The average Bonchev–Trinajstić information content (AvgIpc) is 2.42. The highest BCUT2D eigenvalue weighted by Crippen LogP contribution is 2.52. The summed E-state index contributed by atoms with van der Waals surface area (Å²) in [5.41, 5.74) is 2.42. The van der Waals surface area contributed by atoms with E-state index in [1.54, 1.807) is 12.1 Å². The highest BCUT2D eigenvalue weighted by molar-refractivity contribution is 8.29. The summed E-state index contributed by atoms with van der Waals surface area (Å²) in [4.78, 5) is 13.0. The smallest absolute Gasteiger partial charge is 0.338 e. The molecule has 22 heavy (non-hydrogen) atoms. The number of esters is 1. The molecule has 0 aromatic heterocycles. The molecule has 0 amide bonds. The number of carbonyl (C=O) groups excluding carboxylic acids is 1. The Kier molecular flexibility index (Phi) is 7.03. The fraction of sp³-hybridized carbons (Fsp3) is 0.588. The molecule has 0 bridgehead atoms. The number of benzene rings is 1. The van der Waals surface area contributed by atoms with Gasteiger partial charge in [-0.05, 0) is 34.8 Å². The minimum absolute atomic E-state index is 0.293. The van der Waals surface area contributed by atoms with Gasteiger partial charge in [-0.25, -0.2) is 4.79 Å². The maximum absolute atomic E-state index is 12.1. The molecule has 1 aromatic carbocycles. The maximum atomic E-state index is 12.1. The number of rotatable bonds is 6. The van der Waals surface area contributed by atoms with E-state index in [0.717, 1.165) is 4.90 Å². The van der Waals surface area contributed by atoms with Gasteiger partial charge in [0.05, 0.1) is 12.7 Å². The molecule has 0 saturated carbocycles. The Balaban J connectivity index is 3.41. The second-order valence-corrected chi connectivity index (χ2v) is 15.5. The van der Waals surface area contributed by atoms with Crippen molar-refractivity contribution in [2.45, 2.75) is 63.1 Å². The molecule has 0 heterocycles. The number of hydrogen-bond donors (Lipinski definition) is 0. The molecule has 0 saturated heterocycles. The van der Waals surface area contributed by atoms with Crippen LogP contribution in [0, 0.1) is 0 Å². The van der Waals surface area contributed by atoms with Gasteiger partial charge in [0.1, 0.15) is 7.22 Å². The summed E-state index contributed by atoms with van der Waals surface area (Å²) in [7, 11) is -0.311. The van der Waals surface area contributed by atoms with Gasteiger partial charge in [0, 0.05) is 9.92 Å². The van der Waals surface area contributed by atoms with Gasteiger partial charge in [-0.2, -0.15) is 0 Å². The summed E-state index contributed by atoms with van der Waals surface area (Å²) in [5.74, 6) is -0.293. The van der Waals surface area contributed by atoms with Crippen molar-refractivity contribution in [3.8, 4) is 0 Å². The normalized spacial score (nSPS) is 12.3. The summed E-state index contributed by atoms with van der Waals surface area (Å²) >= 11 is 8.08. The summed E-state index contributed by atoms with van der Waals surface area (Å²) in [6, 6.07) is 5.44. The lowest BCUT2D eigenvalue weighted by Crippen LogP contribution is -2.41. The zero-order chi connectivity index (χ0) is 17.1. The van der Waals surface area contributed by atoms with Gasteiger partial charge >= 0.3 is 5.97 Å². The number of methoxy groups -OCH3 is 1. The van der Waals surface area contributed by atoms with Crippen LogP contribution in [0.3, 0.4) is 0 Å². The molecule has 1 aromatic rings. The highest BCUT2D eigenvalue weighted by atomic mass is 35.5. The van der Waals surface area contributed by atoms with Gasteiger partial charge in [0.15, 0.2) is 0 Å². The van der Waals surface area contributed by atoms with Crippen molar-refractivity contribution in [1.82, 2.24) is 0 Å². The van der Waals surface area contributed by atoms with Gasteiger partial charge in [-0.3, -0.25) is 0 Å². The number of halogens is 1. The maximum Gasteiger partial charge on any atom is 0.338 e. The van der Waals surface area contributed by atoms with E-state index in [-0.39, 0.29) is 5.97 Å². The minimum atomic E-state index is -1.73. The van der Waals surface area contributed by atoms with Crippen LogP contribution in [-0.4, -0.2) is 20.3 Å². The van der Waals surface area contributed by atoms with E-state index in [1.807, 2.05) is 17.3 Å². The van der Waals surface area contributed by atoms with Crippen LogP contribution in [0.15, 0.2) is 23.1 Å². The lowest BCUT2D eigenvalue weighted by molar-refractivity contribution is 0.0597. The van der Waals surface area contributed by atoms with Crippen LogP contribution < -0.4 is 0 Å². The Morgan fingerprint density at radius 1 is 1.09 bits per heavy atom. The van der Waals surface area contributed by atoms with E-state index in [9.17, 15) is 4.79 Å². The van der Waals surface area contributed by atoms with Crippen LogP contribution in [0.5, 0.6) is 0 Å². The standard InChI is InChI=1S/C17H27ClO2SSi/c1-11(2)22(12(3)4,13(5)6)21-16-10-14(18)8-9-15(16)17(19)20-7/h8-13H,1-7H3. The molecule has 0 aliphatic rings. The molecule has 0 unspecified atom stereocenters. The highest BCUT2D eigenvalue weighted by Gasteiger charge is 2.44. The van der Waals surface area contributed by atoms with Gasteiger partial charge in [-0.15, -0.1) is 11.2 Å². The quantitative estimate of drug-likeness (QED) is 0.435. The molecule has 5 heteroatoms. The first-order valence-corrected chi connectivity index (χ1v) is 11.9. The van der Waals surface area contributed by atoms with E-state index in [2.05, 4.69) is 41.5 Å². The van der Waals surface area contributed by atoms with Gasteiger partial charge in [0.25, 0.3) is 0 Å². The zero-order valence-electron chi connectivity index (χ0n) is 14.6. The molecule has 1 rings (SSSR count). The van der Waals surface area contributed by atoms with Crippen LogP contribution in [0.4, 0.5) is 0 Å². The topological polar surface area (TPSA) is 26.3 Å². The number of carbonyl (C=O) groups is 1. The fourth-order valence-electron chi connectivity index (χ4n) is 3.40. The van der Waals surface area contributed by atoms with Crippen LogP contribution in [0.1, 0.15) is 51.9 Å². The molecule has 124 valence electrons. The Labute approximate surface area is 144 Å². The van der Waals surface area contributed by atoms with Gasteiger partial charge in [-0.1, -0.05) is 53.1 Å². The first kappa shape index (κ1) is 19.6. The first-order chi connectivity index (χ1) is 10.2. The van der Waals surface area contributed by atoms with E-state index in [4.69, 9.17) is 16.3 Å². The van der Waals surface area contributed by atoms with Crippen LogP contribution in [0.25, 0.3) is 0 Å². The van der Waals surface area contributed by atoms with E-state index in [0.29, 0.717) is 27.2 Å². The summed E-state index contributed by atoms with van der Waals surface area (Å²) in [6.07, 6.45) is 0. The van der Waals surface area contributed by atoms with E-state index in [1.165, 1.54) is 7.11 Å². The second-order valence-electron chi connectivity index (χ2n) is 6.55. The van der Waals surface area contributed by atoms with Crippen molar-refractivity contribution < 1.29 is 9.53 Å². The molecule has 0 aliphatic heterocycles. The van der Waals surface area contributed by atoms with Crippen molar-refractivity contribution in [2.75, 3.05) is 7.11 Å². The van der Waals surface area contributed by atoms with Crippen molar-refractivity contribution in [2.24, 2.45) is 0 Å². The molecule has 0 atom stereocenters. The molecule has 0 fully saturated rings. The third-order valence-electron chi connectivity index (χ3n) is 4.34. The van der Waals surface area contributed by atoms with Crippen LogP contribution in [-0.2, 0) is 4.74 Å². The van der Waals surface area contributed by atoms with E-state index < -0.39 is 7.22 Å². The molecule has 0 radical (unpaired) electrons. The molecular weight excluding hydrogens is 332 g/mol. The van der Waals surface area contributed by atoms with E-state index >= 15 is 0 Å². The van der Waals surface area contributed by atoms with Crippen LogP contribution >= 0.6 is 22.8 Å². The lowest BCUT2D eigenvalue weighted by Gasteiger charge is -2.42. The molecular formula is C17H27ClO2SSi. The minimum Gasteiger partial charge on any atom is -0.465 e. The Bertz CT molecular complexity index is 508. The lowest BCUT2D eigenvalue weighted by atomic mass is 10.2. The predicted molar refractivity (Wildman–Crippen MR) is 99.7 cm³/mol. The monoisotopic (exact) mass is 358 g/mol. The first-order valence-electron chi connectivity index (χ1n) is 7.73. The predicted octanol–water partition coefficient (Wildman–Crippen LogP) is 6.39. The van der Waals surface area contributed by atoms with Crippen molar-refractivity contribution in [1.29, 1.82) is 0 Å². The summed E-state index contributed by atoms with van der Waals surface area (Å²) in [6.45, 7) is 13.8. The summed E-state index contributed by atoms with van der Waals surface area (Å²) < 4.78 is 4.93. The largest absolute Gasteiger partial charge is 0.465 e. The molecule has 2 nitrogen and oxygen atoms in total. The van der Waals surface area contributed by atoms with Gasteiger partial charge < -0.3 is 4.74 Å². The third kappa shape index (κ3) is 3.90. The Morgan fingerprint density at radius 2 is 1.59 bits per heavy atom. The fourth-order valence-corrected chi connectivity index (χ4v) is 12.9. The average molecular weight is 359 g/mol. The SMILES string of the molecule is COC(=O)c1ccc(Cl)cc1S[Si](C(C)C)(C(C)C)C(C)C. The molecule has 0 aliphatic carbocycles. The molecule has 0 N–H and O–H groups in total. The van der Waals surface area contributed by atoms with Crippen molar-refractivity contribution in [3.05, 3.63) is 28.8 Å². The summed E-state index contributed by atoms with van der Waals surface area (Å²) in [5, 5.41) is 0.661. The third-order valence-corrected chi connectivity index (χ3v) is 16.9. The Hall–Kier alpha value is -0.453. The van der Waals surface area contributed by atoms with Crippen LogP contribution in [0.2, 0.25) is 21.6 Å². The number of hydrogen-bond acceptors (Lipinski definition) is 3. The molecule has 0 spiro atoms. The second kappa shape index (κ2) is 7.89. The number of ether oxygens (including phenoxy) is 1. The van der Waals surface area contributed by atoms with Crippen molar-refractivity contribution in [3.63, 3.8) is 0 Å². The Morgan fingerprint density at radius 3 is 2.00 bits per heavy atom. The zero-order valence-corrected chi connectivity index (χ0v) is 17.1.